The first-order valence-corrected chi connectivity index (χ1v) is 7.39. The van der Waals surface area contributed by atoms with Gasteiger partial charge in [-0.3, -0.25) is 11.3 Å². The largest absolute Gasteiger partial charge is 0.497 e. The molecule has 4 heteroatoms. The quantitative estimate of drug-likeness (QED) is 0.620. The van der Waals surface area contributed by atoms with Crippen LogP contribution in [-0.2, 0) is 0 Å². The van der Waals surface area contributed by atoms with Crippen LogP contribution in [0.3, 0.4) is 0 Å². The van der Waals surface area contributed by atoms with Gasteiger partial charge in [-0.2, -0.15) is 0 Å². The van der Waals surface area contributed by atoms with Crippen LogP contribution in [-0.4, -0.2) is 14.2 Å². The van der Waals surface area contributed by atoms with Gasteiger partial charge in [0.1, 0.15) is 11.5 Å². The van der Waals surface area contributed by atoms with Crippen molar-refractivity contribution in [2.45, 2.75) is 45.1 Å². The maximum Gasteiger partial charge on any atom is 0.123 e. The Morgan fingerprint density at radius 1 is 1.25 bits per heavy atom. The van der Waals surface area contributed by atoms with Crippen molar-refractivity contribution in [2.75, 3.05) is 14.2 Å². The Kier molecular flexibility index (Phi) is 4.89. The molecule has 1 unspecified atom stereocenters. The Labute approximate surface area is 121 Å². The number of hydrogen-bond acceptors (Lipinski definition) is 4. The lowest BCUT2D eigenvalue weighted by Gasteiger charge is -2.37. The van der Waals surface area contributed by atoms with Crippen LogP contribution in [0.25, 0.3) is 0 Å². The molecule has 4 nitrogen and oxygen atoms in total. The van der Waals surface area contributed by atoms with Crippen LogP contribution in [0, 0.1) is 5.41 Å². The average Bonchev–Trinajstić information content (AvgIpc) is 2.98. The van der Waals surface area contributed by atoms with Crippen LogP contribution in [0.5, 0.6) is 11.5 Å². The molecule has 0 aliphatic heterocycles. The third-order valence-electron chi connectivity index (χ3n) is 4.83. The molecule has 1 saturated carbocycles. The maximum absolute atomic E-state index is 5.91. The van der Waals surface area contributed by atoms with Crippen molar-refractivity contribution >= 4 is 0 Å². The predicted octanol–water partition coefficient (Wildman–Crippen LogP) is 3.18. The van der Waals surface area contributed by atoms with Gasteiger partial charge in [0.25, 0.3) is 0 Å². The van der Waals surface area contributed by atoms with E-state index in [2.05, 4.69) is 12.3 Å². The fourth-order valence-corrected chi connectivity index (χ4v) is 3.59. The standard InChI is InChI=1S/C16H26N2O2/c1-4-16(9-5-6-10-16)15(18-17)13-11-12(19-2)7-8-14(13)20-3/h7-8,11,15,18H,4-6,9-10,17H2,1-3H3. The zero-order valence-electron chi connectivity index (χ0n) is 12.7. The van der Waals surface area contributed by atoms with Gasteiger partial charge in [-0.25, -0.2) is 0 Å². The van der Waals surface area contributed by atoms with E-state index < -0.39 is 0 Å². The van der Waals surface area contributed by atoms with Gasteiger partial charge in [-0.15, -0.1) is 0 Å². The van der Waals surface area contributed by atoms with Gasteiger partial charge in [0.05, 0.1) is 20.3 Å². The highest BCUT2D eigenvalue weighted by atomic mass is 16.5. The van der Waals surface area contributed by atoms with E-state index in [1.807, 2.05) is 18.2 Å². The Morgan fingerprint density at radius 3 is 2.45 bits per heavy atom. The van der Waals surface area contributed by atoms with Crippen LogP contribution in [0.1, 0.15) is 50.6 Å². The summed E-state index contributed by atoms with van der Waals surface area (Å²) in [5.41, 5.74) is 4.35. The summed E-state index contributed by atoms with van der Waals surface area (Å²) in [6.45, 7) is 2.25. The number of nitrogens with two attached hydrogens (primary N) is 1. The highest BCUT2D eigenvalue weighted by Gasteiger charge is 2.41. The minimum Gasteiger partial charge on any atom is -0.497 e. The first-order valence-electron chi connectivity index (χ1n) is 7.39. The van der Waals surface area contributed by atoms with E-state index in [-0.39, 0.29) is 11.5 Å². The fourth-order valence-electron chi connectivity index (χ4n) is 3.59. The van der Waals surface area contributed by atoms with E-state index in [1.165, 1.54) is 25.7 Å². The fraction of sp³-hybridized carbons (Fsp3) is 0.625. The zero-order valence-corrected chi connectivity index (χ0v) is 12.7. The van der Waals surface area contributed by atoms with E-state index in [0.717, 1.165) is 23.5 Å². The molecule has 0 bridgehead atoms. The highest BCUT2D eigenvalue weighted by molar-refractivity contribution is 5.43. The maximum atomic E-state index is 5.91. The molecule has 0 saturated heterocycles. The lowest BCUT2D eigenvalue weighted by Crippen LogP contribution is -2.40. The first kappa shape index (κ1) is 15.1. The molecule has 1 aliphatic carbocycles. The molecule has 0 amide bonds. The van der Waals surface area contributed by atoms with E-state index in [0.29, 0.717) is 0 Å². The molecule has 1 aliphatic rings. The molecular formula is C16H26N2O2. The molecule has 0 aromatic heterocycles. The highest BCUT2D eigenvalue weighted by Crippen LogP contribution is 2.51. The van der Waals surface area contributed by atoms with E-state index in [9.17, 15) is 0 Å². The molecule has 1 atom stereocenters. The lowest BCUT2D eigenvalue weighted by molar-refractivity contribution is 0.184. The van der Waals surface area contributed by atoms with Crippen molar-refractivity contribution in [3.63, 3.8) is 0 Å². The van der Waals surface area contributed by atoms with Gasteiger partial charge < -0.3 is 9.47 Å². The zero-order chi connectivity index (χ0) is 14.6. The lowest BCUT2D eigenvalue weighted by atomic mass is 9.73. The van der Waals surface area contributed by atoms with Gasteiger partial charge in [0, 0.05) is 5.56 Å². The predicted molar refractivity (Wildman–Crippen MR) is 80.8 cm³/mol. The molecule has 112 valence electrons. The van der Waals surface area contributed by atoms with Crippen LogP contribution in [0.4, 0.5) is 0 Å². The van der Waals surface area contributed by atoms with Crippen molar-refractivity contribution < 1.29 is 9.47 Å². The van der Waals surface area contributed by atoms with Crippen molar-refractivity contribution in [1.29, 1.82) is 0 Å². The first-order chi connectivity index (χ1) is 9.70. The molecule has 1 aromatic carbocycles. The number of hydrazine groups is 1. The van der Waals surface area contributed by atoms with Gasteiger partial charge in [-0.1, -0.05) is 19.8 Å². The van der Waals surface area contributed by atoms with E-state index in [1.54, 1.807) is 14.2 Å². The SMILES string of the molecule is CCC1(C(NN)c2cc(OC)ccc2OC)CCCC1. The summed E-state index contributed by atoms with van der Waals surface area (Å²) in [4.78, 5) is 0. The number of hydrogen-bond donors (Lipinski definition) is 2. The minimum atomic E-state index is 0.0973. The molecule has 1 aromatic rings. The molecule has 2 rings (SSSR count). The molecular weight excluding hydrogens is 252 g/mol. The van der Waals surface area contributed by atoms with Gasteiger partial charge >= 0.3 is 0 Å². The number of nitrogens with one attached hydrogen (secondary N) is 1. The number of methoxy groups -OCH3 is 2. The van der Waals surface area contributed by atoms with Crippen LogP contribution >= 0.6 is 0 Å². The van der Waals surface area contributed by atoms with Gasteiger partial charge in [-0.05, 0) is 42.9 Å². The Morgan fingerprint density at radius 2 is 1.95 bits per heavy atom. The summed E-state index contributed by atoms with van der Waals surface area (Å²) in [7, 11) is 3.38. The van der Waals surface area contributed by atoms with E-state index >= 15 is 0 Å². The summed E-state index contributed by atoms with van der Waals surface area (Å²) in [5, 5.41) is 0. The summed E-state index contributed by atoms with van der Waals surface area (Å²) in [6, 6.07) is 6.01. The minimum absolute atomic E-state index is 0.0973. The number of benzene rings is 1. The molecule has 0 heterocycles. The monoisotopic (exact) mass is 278 g/mol. The second-order valence-electron chi connectivity index (χ2n) is 5.63. The van der Waals surface area contributed by atoms with Crippen molar-refractivity contribution in [3.05, 3.63) is 23.8 Å². The molecule has 0 radical (unpaired) electrons. The molecule has 1 fully saturated rings. The van der Waals surface area contributed by atoms with Crippen molar-refractivity contribution in [3.8, 4) is 11.5 Å². The topological polar surface area (TPSA) is 56.5 Å². The Bertz CT molecular complexity index is 442. The molecule has 3 N–H and O–H groups in total. The van der Waals surface area contributed by atoms with Crippen molar-refractivity contribution in [2.24, 2.45) is 11.3 Å². The Balaban J connectivity index is 2.44. The van der Waals surface area contributed by atoms with Gasteiger partial charge in [0.15, 0.2) is 0 Å². The van der Waals surface area contributed by atoms with Gasteiger partial charge in [0.2, 0.25) is 0 Å². The number of ether oxygens (including phenoxy) is 2. The van der Waals surface area contributed by atoms with Crippen LogP contribution < -0.4 is 20.7 Å². The average molecular weight is 278 g/mol. The molecule has 0 spiro atoms. The summed E-state index contributed by atoms with van der Waals surface area (Å²) in [5.74, 6) is 7.62. The smallest absolute Gasteiger partial charge is 0.123 e. The molecule has 20 heavy (non-hydrogen) atoms. The third kappa shape index (κ3) is 2.63. The van der Waals surface area contributed by atoms with Crippen molar-refractivity contribution in [1.82, 2.24) is 5.43 Å². The van der Waals surface area contributed by atoms with Crippen LogP contribution in [0.2, 0.25) is 0 Å². The summed E-state index contributed by atoms with van der Waals surface area (Å²) < 4.78 is 10.9. The second-order valence-corrected chi connectivity index (χ2v) is 5.63. The summed E-state index contributed by atoms with van der Waals surface area (Å²) in [6.07, 6.45) is 6.08. The summed E-state index contributed by atoms with van der Waals surface area (Å²) >= 11 is 0. The normalized spacial score (nSPS) is 18.8. The Hall–Kier alpha value is -1.26. The van der Waals surface area contributed by atoms with Crippen LogP contribution in [0.15, 0.2) is 18.2 Å². The number of rotatable bonds is 6. The second kappa shape index (κ2) is 6.46. The van der Waals surface area contributed by atoms with E-state index in [4.69, 9.17) is 15.3 Å². The third-order valence-corrected chi connectivity index (χ3v) is 4.83.